The fourth-order valence-corrected chi connectivity index (χ4v) is 7.17. The Kier molecular flexibility index (Phi) is 6.71. The molecule has 6 aromatic carbocycles. The lowest BCUT2D eigenvalue weighted by molar-refractivity contribution is 1.28. The van der Waals surface area contributed by atoms with E-state index in [-0.39, 0.29) is 0 Å². The van der Waals surface area contributed by atoms with Gasteiger partial charge in [-0.1, -0.05) is 115 Å². The zero-order valence-corrected chi connectivity index (χ0v) is 24.8. The summed E-state index contributed by atoms with van der Waals surface area (Å²) in [5, 5.41) is 1.21. The highest BCUT2D eigenvalue weighted by molar-refractivity contribution is 7.26. The molecule has 0 aliphatic rings. The number of hydrogen-bond donors (Lipinski definition) is 0. The van der Waals surface area contributed by atoms with Crippen LogP contribution in [0.2, 0.25) is 0 Å². The Labute approximate surface area is 261 Å². The third-order valence-electron chi connectivity index (χ3n) is 8.13. The van der Waals surface area contributed by atoms with E-state index in [0.29, 0.717) is 0 Å². The van der Waals surface area contributed by atoms with E-state index in [9.17, 15) is 0 Å². The van der Waals surface area contributed by atoms with Crippen molar-refractivity contribution in [2.75, 3.05) is 4.90 Å². The molecule has 0 saturated heterocycles. The lowest BCUT2D eigenvalue weighted by Crippen LogP contribution is -2.10. The molecule has 2 nitrogen and oxygen atoms in total. The third kappa shape index (κ3) is 4.84. The molecule has 0 amide bonds. The average molecular weight is 581 g/mol. The molecule has 44 heavy (non-hydrogen) atoms. The molecule has 0 fully saturated rings. The van der Waals surface area contributed by atoms with Gasteiger partial charge in [0.2, 0.25) is 0 Å². The molecule has 2 heterocycles. The van der Waals surface area contributed by atoms with Crippen LogP contribution >= 0.6 is 11.3 Å². The topological polar surface area (TPSA) is 16.1 Å². The summed E-state index contributed by atoms with van der Waals surface area (Å²) in [6.07, 6.45) is 1.88. The van der Waals surface area contributed by atoms with Gasteiger partial charge in [0.25, 0.3) is 0 Å². The lowest BCUT2D eigenvalue weighted by atomic mass is 10.0. The van der Waals surface area contributed by atoms with Crippen molar-refractivity contribution in [1.82, 2.24) is 4.98 Å². The molecule has 208 valence electrons. The van der Waals surface area contributed by atoms with Crippen molar-refractivity contribution in [3.63, 3.8) is 0 Å². The number of aromatic nitrogens is 1. The number of rotatable bonds is 6. The van der Waals surface area contributed by atoms with Crippen LogP contribution in [0.5, 0.6) is 0 Å². The minimum atomic E-state index is 1.07. The largest absolute Gasteiger partial charge is 0.310 e. The van der Waals surface area contributed by atoms with Crippen LogP contribution in [-0.2, 0) is 0 Å². The Morgan fingerprint density at radius 1 is 0.432 bits per heavy atom. The first-order chi connectivity index (χ1) is 21.8. The average Bonchev–Trinajstić information content (AvgIpc) is 3.49. The number of pyridine rings is 1. The van der Waals surface area contributed by atoms with E-state index < -0.39 is 0 Å². The third-order valence-corrected chi connectivity index (χ3v) is 9.33. The van der Waals surface area contributed by atoms with Crippen LogP contribution < -0.4 is 4.90 Å². The van der Waals surface area contributed by atoms with Crippen molar-refractivity contribution in [3.05, 3.63) is 170 Å². The Bertz CT molecular complexity index is 2120. The van der Waals surface area contributed by atoms with Crippen molar-refractivity contribution in [3.8, 4) is 33.4 Å². The number of nitrogens with zero attached hydrogens (tertiary/aromatic N) is 2. The normalized spacial score (nSPS) is 11.2. The number of hydrogen-bond acceptors (Lipinski definition) is 3. The molecule has 0 N–H and O–H groups in total. The summed E-state index contributed by atoms with van der Waals surface area (Å²) < 4.78 is 2.48. The van der Waals surface area contributed by atoms with E-state index in [1.165, 1.54) is 48.2 Å². The first-order valence-electron chi connectivity index (χ1n) is 14.8. The van der Waals surface area contributed by atoms with E-state index in [2.05, 4.69) is 168 Å². The molecule has 0 atom stereocenters. The summed E-state index contributed by atoms with van der Waals surface area (Å²) in [5.41, 5.74) is 11.6. The van der Waals surface area contributed by atoms with Gasteiger partial charge in [-0.05, 0) is 81.9 Å². The maximum Gasteiger partial charge on any atom is 0.0888 e. The molecule has 2 aromatic heterocycles. The van der Waals surface area contributed by atoms with Gasteiger partial charge in [-0.3, -0.25) is 4.98 Å². The zero-order chi connectivity index (χ0) is 29.3. The Morgan fingerprint density at radius 3 is 1.64 bits per heavy atom. The van der Waals surface area contributed by atoms with E-state index in [1.807, 2.05) is 23.6 Å². The molecule has 0 aliphatic heterocycles. The fourth-order valence-electron chi connectivity index (χ4n) is 5.97. The van der Waals surface area contributed by atoms with Crippen LogP contribution in [0.1, 0.15) is 0 Å². The molecule has 8 rings (SSSR count). The summed E-state index contributed by atoms with van der Waals surface area (Å²) >= 11 is 1.81. The molecule has 0 radical (unpaired) electrons. The van der Waals surface area contributed by atoms with Crippen molar-refractivity contribution in [2.45, 2.75) is 0 Å². The first kappa shape index (κ1) is 26.1. The Morgan fingerprint density at radius 2 is 1.00 bits per heavy atom. The molecule has 8 aromatic rings. The molecule has 0 bridgehead atoms. The van der Waals surface area contributed by atoms with E-state index in [4.69, 9.17) is 0 Å². The predicted molar refractivity (Wildman–Crippen MR) is 188 cm³/mol. The van der Waals surface area contributed by atoms with E-state index in [1.54, 1.807) is 0 Å². The summed E-state index contributed by atoms with van der Waals surface area (Å²) in [7, 11) is 0. The summed E-state index contributed by atoms with van der Waals surface area (Å²) in [4.78, 5) is 7.04. The molecule has 3 heteroatoms. The first-order valence-corrected chi connectivity index (χ1v) is 15.6. The standard InChI is InChI=1S/C41H28N2S/c1-3-10-29(11-4-1)31-19-23-34(24-20-31)43(35-25-21-32(22-26-35)30-12-5-2-6-13-30)36-15-7-14-33(28-36)37-16-8-17-38-40-39(44-41(37)38)18-9-27-42-40/h1-28H. The second-order valence-electron chi connectivity index (χ2n) is 10.8. The number of benzene rings is 6. The maximum absolute atomic E-state index is 4.69. The van der Waals surface area contributed by atoms with Gasteiger partial charge >= 0.3 is 0 Å². The van der Waals surface area contributed by atoms with Crippen molar-refractivity contribution >= 4 is 48.7 Å². The monoisotopic (exact) mass is 580 g/mol. The quantitative estimate of drug-likeness (QED) is 0.194. The smallest absolute Gasteiger partial charge is 0.0888 e. The van der Waals surface area contributed by atoms with Crippen LogP contribution in [-0.4, -0.2) is 4.98 Å². The fraction of sp³-hybridized carbons (Fsp3) is 0. The summed E-state index contributed by atoms with van der Waals surface area (Å²) in [5.74, 6) is 0. The highest BCUT2D eigenvalue weighted by atomic mass is 32.1. The van der Waals surface area contributed by atoms with Crippen molar-refractivity contribution in [2.24, 2.45) is 0 Å². The Hall–Kier alpha value is -5.51. The number of thiophene rings is 1. The number of anilines is 3. The number of fused-ring (bicyclic) bond motifs is 3. The van der Waals surface area contributed by atoms with Gasteiger partial charge in [0, 0.05) is 33.3 Å². The van der Waals surface area contributed by atoms with Crippen LogP contribution in [0.25, 0.3) is 53.7 Å². The second-order valence-corrected chi connectivity index (χ2v) is 11.9. The maximum atomic E-state index is 4.69. The molecular formula is C41H28N2S. The summed E-state index contributed by atoms with van der Waals surface area (Å²) in [6, 6.07) is 58.4. The van der Waals surface area contributed by atoms with Gasteiger partial charge in [-0.2, -0.15) is 0 Å². The van der Waals surface area contributed by atoms with Gasteiger partial charge in [-0.25, -0.2) is 0 Å². The zero-order valence-electron chi connectivity index (χ0n) is 24.0. The van der Waals surface area contributed by atoms with Crippen LogP contribution in [0.15, 0.2) is 170 Å². The van der Waals surface area contributed by atoms with Gasteiger partial charge in [0.05, 0.1) is 10.2 Å². The summed E-state index contributed by atoms with van der Waals surface area (Å²) in [6.45, 7) is 0. The van der Waals surface area contributed by atoms with E-state index in [0.717, 1.165) is 22.6 Å². The minimum Gasteiger partial charge on any atom is -0.310 e. The highest BCUT2D eigenvalue weighted by Gasteiger charge is 2.16. The second kappa shape index (κ2) is 11.3. The predicted octanol–water partition coefficient (Wildman–Crippen LogP) is 11.9. The molecule has 0 aliphatic carbocycles. The minimum absolute atomic E-state index is 1.07. The molecule has 0 unspecified atom stereocenters. The van der Waals surface area contributed by atoms with Crippen LogP contribution in [0.3, 0.4) is 0 Å². The van der Waals surface area contributed by atoms with Gasteiger partial charge in [-0.15, -0.1) is 11.3 Å². The molecule has 0 spiro atoms. The van der Waals surface area contributed by atoms with Crippen molar-refractivity contribution < 1.29 is 0 Å². The SMILES string of the molecule is c1ccc(-c2ccc(N(c3ccc(-c4ccccc4)cc3)c3cccc(-c4cccc5c4sc4cccnc45)c3)cc2)cc1. The van der Waals surface area contributed by atoms with Gasteiger partial charge < -0.3 is 4.90 Å². The van der Waals surface area contributed by atoms with Gasteiger partial charge in [0.1, 0.15) is 0 Å². The molecule has 0 saturated carbocycles. The van der Waals surface area contributed by atoms with Crippen LogP contribution in [0.4, 0.5) is 17.1 Å². The molecular weight excluding hydrogens is 553 g/mol. The Balaban J connectivity index is 1.24. The van der Waals surface area contributed by atoms with Gasteiger partial charge in [0.15, 0.2) is 0 Å². The van der Waals surface area contributed by atoms with Crippen LogP contribution in [0, 0.1) is 0 Å². The lowest BCUT2D eigenvalue weighted by Gasteiger charge is -2.26. The highest BCUT2D eigenvalue weighted by Crippen LogP contribution is 2.42. The van der Waals surface area contributed by atoms with E-state index >= 15 is 0 Å². The van der Waals surface area contributed by atoms with Crippen molar-refractivity contribution in [1.29, 1.82) is 0 Å².